The second-order valence-corrected chi connectivity index (χ2v) is 6.40. The number of anilines is 3. The van der Waals surface area contributed by atoms with E-state index in [9.17, 15) is 0 Å². The fraction of sp³-hybridized carbons (Fsp3) is 0.238. The third kappa shape index (κ3) is 5.29. The van der Waals surface area contributed by atoms with Gasteiger partial charge in [-0.05, 0) is 39.2 Å². The zero-order chi connectivity index (χ0) is 18.2. The van der Waals surface area contributed by atoms with Gasteiger partial charge >= 0.3 is 0 Å². The summed E-state index contributed by atoms with van der Waals surface area (Å²) in [7, 11) is 4.16. The van der Waals surface area contributed by atoms with Crippen molar-refractivity contribution in [1.82, 2.24) is 14.9 Å². The predicted octanol–water partition coefficient (Wildman–Crippen LogP) is 4.25. The highest BCUT2D eigenvalue weighted by Crippen LogP contribution is 2.23. The van der Waals surface area contributed by atoms with Crippen molar-refractivity contribution < 1.29 is 0 Å². The first-order valence-corrected chi connectivity index (χ1v) is 8.86. The molecule has 0 aliphatic heterocycles. The van der Waals surface area contributed by atoms with E-state index in [1.165, 1.54) is 0 Å². The summed E-state index contributed by atoms with van der Waals surface area (Å²) in [5.41, 5.74) is 2.97. The van der Waals surface area contributed by atoms with E-state index >= 15 is 0 Å². The Bertz CT molecular complexity index is 803. The van der Waals surface area contributed by atoms with Gasteiger partial charge in [0, 0.05) is 23.9 Å². The largest absolute Gasteiger partial charge is 0.354 e. The SMILES string of the molecule is CN(C)CCCNc1nc(Nc2ccccc2)cc(-c2ccccc2)n1. The molecular formula is C21H25N5. The Kier molecular flexibility index (Phi) is 6.17. The molecule has 0 unspecified atom stereocenters. The lowest BCUT2D eigenvalue weighted by Gasteiger charge is -2.13. The summed E-state index contributed by atoms with van der Waals surface area (Å²) >= 11 is 0. The number of benzene rings is 2. The fourth-order valence-electron chi connectivity index (χ4n) is 2.61. The maximum absolute atomic E-state index is 4.69. The summed E-state index contributed by atoms with van der Waals surface area (Å²) in [6.45, 7) is 1.86. The molecule has 0 spiro atoms. The molecular weight excluding hydrogens is 322 g/mol. The molecule has 134 valence electrons. The quantitative estimate of drug-likeness (QED) is 0.597. The summed E-state index contributed by atoms with van der Waals surface area (Å²) in [5.74, 6) is 1.42. The number of hydrogen-bond acceptors (Lipinski definition) is 5. The highest BCUT2D eigenvalue weighted by molar-refractivity contribution is 5.67. The molecule has 1 heterocycles. The molecule has 0 bridgehead atoms. The van der Waals surface area contributed by atoms with Crippen molar-refractivity contribution in [2.75, 3.05) is 37.8 Å². The van der Waals surface area contributed by atoms with Gasteiger partial charge in [0.1, 0.15) is 5.82 Å². The molecule has 1 aromatic heterocycles. The summed E-state index contributed by atoms with van der Waals surface area (Å²) < 4.78 is 0. The van der Waals surface area contributed by atoms with Crippen molar-refractivity contribution in [2.45, 2.75) is 6.42 Å². The number of rotatable bonds is 8. The van der Waals surface area contributed by atoms with Gasteiger partial charge in [0.05, 0.1) is 5.69 Å². The monoisotopic (exact) mass is 347 g/mol. The van der Waals surface area contributed by atoms with E-state index in [0.717, 1.165) is 42.3 Å². The van der Waals surface area contributed by atoms with Gasteiger partial charge in [0.15, 0.2) is 0 Å². The summed E-state index contributed by atoms with van der Waals surface area (Å²) in [6.07, 6.45) is 1.04. The Hall–Kier alpha value is -2.92. The summed E-state index contributed by atoms with van der Waals surface area (Å²) in [5, 5.41) is 6.71. The fourth-order valence-corrected chi connectivity index (χ4v) is 2.61. The lowest BCUT2D eigenvalue weighted by atomic mass is 10.1. The van der Waals surface area contributed by atoms with Crippen molar-refractivity contribution in [2.24, 2.45) is 0 Å². The maximum Gasteiger partial charge on any atom is 0.225 e. The van der Waals surface area contributed by atoms with Crippen LogP contribution < -0.4 is 10.6 Å². The molecule has 0 aliphatic carbocycles. The van der Waals surface area contributed by atoms with Gasteiger partial charge in [-0.15, -0.1) is 0 Å². The van der Waals surface area contributed by atoms with Crippen LogP contribution in [0.15, 0.2) is 66.7 Å². The molecule has 0 amide bonds. The van der Waals surface area contributed by atoms with E-state index in [-0.39, 0.29) is 0 Å². The standard InChI is InChI=1S/C21H25N5/c1-26(2)15-9-14-22-21-24-19(17-10-5-3-6-11-17)16-20(25-21)23-18-12-7-4-8-13-18/h3-8,10-13,16H,9,14-15H2,1-2H3,(H2,22,23,24,25). The van der Waals surface area contributed by atoms with Gasteiger partial charge in [-0.25, -0.2) is 4.98 Å². The second-order valence-electron chi connectivity index (χ2n) is 6.40. The molecule has 2 N–H and O–H groups in total. The van der Waals surface area contributed by atoms with Crippen LogP contribution in [0.3, 0.4) is 0 Å². The smallest absolute Gasteiger partial charge is 0.225 e. The van der Waals surface area contributed by atoms with Gasteiger partial charge in [0.2, 0.25) is 5.95 Å². The van der Waals surface area contributed by atoms with Crippen molar-refractivity contribution in [3.8, 4) is 11.3 Å². The Balaban J connectivity index is 1.82. The molecule has 0 radical (unpaired) electrons. The molecule has 26 heavy (non-hydrogen) atoms. The molecule has 0 aliphatic rings. The van der Waals surface area contributed by atoms with E-state index in [1.807, 2.05) is 54.6 Å². The molecule has 5 heteroatoms. The van der Waals surface area contributed by atoms with Gasteiger partial charge in [-0.1, -0.05) is 48.5 Å². The van der Waals surface area contributed by atoms with Crippen LogP contribution in [0.4, 0.5) is 17.5 Å². The highest BCUT2D eigenvalue weighted by Gasteiger charge is 2.07. The molecule has 5 nitrogen and oxygen atoms in total. The molecule has 0 saturated carbocycles. The van der Waals surface area contributed by atoms with Crippen LogP contribution in [0.1, 0.15) is 6.42 Å². The third-order valence-corrected chi connectivity index (χ3v) is 3.91. The number of aromatic nitrogens is 2. The average Bonchev–Trinajstić information content (AvgIpc) is 2.66. The first-order valence-electron chi connectivity index (χ1n) is 8.86. The van der Waals surface area contributed by atoms with E-state index < -0.39 is 0 Å². The summed E-state index contributed by atoms with van der Waals surface area (Å²) in [4.78, 5) is 11.5. The van der Waals surface area contributed by atoms with Gasteiger partial charge in [0.25, 0.3) is 0 Å². The zero-order valence-electron chi connectivity index (χ0n) is 15.3. The van der Waals surface area contributed by atoms with Crippen molar-refractivity contribution >= 4 is 17.5 Å². The lowest BCUT2D eigenvalue weighted by molar-refractivity contribution is 0.405. The van der Waals surface area contributed by atoms with Crippen molar-refractivity contribution in [3.63, 3.8) is 0 Å². The molecule has 0 atom stereocenters. The summed E-state index contributed by atoms with van der Waals surface area (Å²) in [6, 6.07) is 22.2. The minimum Gasteiger partial charge on any atom is -0.354 e. The minimum atomic E-state index is 0.642. The van der Waals surface area contributed by atoms with Gasteiger partial charge in [-0.2, -0.15) is 4.98 Å². The molecule has 0 saturated heterocycles. The average molecular weight is 347 g/mol. The van der Waals surface area contributed by atoms with E-state index in [0.29, 0.717) is 5.95 Å². The molecule has 3 rings (SSSR count). The van der Waals surface area contributed by atoms with Crippen LogP contribution in [-0.4, -0.2) is 42.1 Å². The second kappa shape index (κ2) is 8.97. The van der Waals surface area contributed by atoms with Gasteiger partial charge in [-0.3, -0.25) is 0 Å². The topological polar surface area (TPSA) is 53.1 Å². The van der Waals surface area contributed by atoms with E-state index in [1.54, 1.807) is 0 Å². The Morgan fingerprint density at radius 1 is 0.885 bits per heavy atom. The van der Waals surface area contributed by atoms with E-state index in [4.69, 9.17) is 0 Å². The highest BCUT2D eigenvalue weighted by atomic mass is 15.1. The van der Waals surface area contributed by atoms with Crippen LogP contribution in [0.25, 0.3) is 11.3 Å². The van der Waals surface area contributed by atoms with Gasteiger partial charge < -0.3 is 15.5 Å². The first-order chi connectivity index (χ1) is 12.7. The van der Waals surface area contributed by atoms with Crippen LogP contribution in [-0.2, 0) is 0 Å². The number of para-hydroxylation sites is 1. The third-order valence-electron chi connectivity index (χ3n) is 3.91. The van der Waals surface area contributed by atoms with Crippen LogP contribution in [0, 0.1) is 0 Å². The molecule has 3 aromatic rings. The van der Waals surface area contributed by atoms with Crippen molar-refractivity contribution in [3.05, 3.63) is 66.7 Å². The lowest BCUT2D eigenvalue weighted by Crippen LogP contribution is -2.17. The van der Waals surface area contributed by atoms with Crippen molar-refractivity contribution in [1.29, 1.82) is 0 Å². The van der Waals surface area contributed by atoms with Crippen LogP contribution >= 0.6 is 0 Å². The normalized spacial score (nSPS) is 10.7. The zero-order valence-corrected chi connectivity index (χ0v) is 15.3. The Labute approximate surface area is 155 Å². The Morgan fingerprint density at radius 3 is 2.27 bits per heavy atom. The molecule has 2 aromatic carbocycles. The first kappa shape index (κ1) is 17.9. The van der Waals surface area contributed by atoms with Crippen LogP contribution in [0.2, 0.25) is 0 Å². The van der Waals surface area contributed by atoms with Crippen LogP contribution in [0.5, 0.6) is 0 Å². The molecule has 0 fully saturated rings. The minimum absolute atomic E-state index is 0.642. The number of nitrogens with one attached hydrogen (secondary N) is 2. The maximum atomic E-state index is 4.69. The predicted molar refractivity (Wildman–Crippen MR) is 109 cm³/mol. The number of nitrogens with zero attached hydrogens (tertiary/aromatic N) is 3. The van der Waals surface area contributed by atoms with E-state index in [2.05, 4.69) is 51.7 Å². The number of hydrogen-bond donors (Lipinski definition) is 2. The Morgan fingerprint density at radius 2 is 1.58 bits per heavy atom.